The van der Waals surface area contributed by atoms with E-state index in [0.29, 0.717) is 31.1 Å². The molecule has 1 atom stereocenters. The van der Waals surface area contributed by atoms with E-state index in [-0.39, 0.29) is 24.1 Å². The van der Waals surface area contributed by atoms with E-state index in [9.17, 15) is 14.4 Å². The number of carbonyl (C=O) groups is 3. The first kappa shape index (κ1) is 27.2. The van der Waals surface area contributed by atoms with Gasteiger partial charge in [-0.2, -0.15) is 0 Å². The highest BCUT2D eigenvalue weighted by molar-refractivity contribution is 6.05. The van der Waals surface area contributed by atoms with Crippen molar-refractivity contribution >= 4 is 35.3 Å². The number of nitrogens with one attached hydrogen (secondary N) is 3. The Kier molecular flexibility index (Phi) is 7.87. The number of imide groups is 1. The number of unbranched alkanes of at least 4 members (excludes halogenated alkanes) is 1. The second-order valence-corrected chi connectivity index (χ2v) is 11.6. The average molecular weight is 555 g/mol. The van der Waals surface area contributed by atoms with Crippen LogP contribution in [0.25, 0.3) is 0 Å². The van der Waals surface area contributed by atoms with Gasteiger partial charge in [0.1, 0.15) is 6.04 Å². The zero-order chi connectivity index (χ0) is 28.3. The summed E-state index contributed by atoms with van der Waals surface area (Å²) in [5.74, 6) is -0.0201. The number of amides is 3. The lowest BCUT2D eigenvalue weighted by Crippen LogP contribution is -2.52. The number of fused-ring (bicyclic) bond motifs is 2. The predicted octanol–water partition coefficient (Wildman–Crippen LogP) is 3.76. The monoisotopic (exact) mass is 554 g/mol. The van der Waals surface area contributed by atoms with Crippen molar-refractivity contribution in [2.45, 2.75) is 70.0 Å². The lowest BCUT2D eigenvalue weighted by Gasteiger charge is -2.32. The third kappa shape index (κ3) is 5.91. The Hall–Kier alpha value is -3.98. The van der Waals surface area contributed by atoms with Crippen molar-refractivity contribution in [3.8, 4) is 0 Å². The van der Waals surface area contributed by atoms with Gasteiger partial charge >= 0.3 is 0 Å². The molecule has 3 aliphatic heterocycles. The highest BCUT2D eigenvalue weighted by Crippen LogP contribution is 2.35. The number of nitrogens with two attached hydrogens (primary N) is 1. The minimum Gasteiger partial charge on any atom is -0.378 e. The Bertz CT molecular complexity index is 1410. The average Bonchev–Trinajstić information content (AvgIpc) is 3.28. The second-order valence-electron chi connectivity index (χ2n) is 11.6. The molecule has 2 aromatic rings. The maximum Gasteiger partial charge on any atom is 0.255 e. The Morgan fingerprint density at radius 2 is 1.88 bits per heavy atom. The van der Waals surface area contributed by atoms with Crippen LogP contribution in [0.1, 0.15) is 66.4 Å². The van der Waals surface area contributed by atoms with E-state index in [1.165, 1.54) is 18.4 Å². The Morgan fingerprint density at radius 1 is 1.05 bits per heavy atom. The van der Waals surface area contributed by atoms with Crippen molar-refractivity contribution in [1.82, 2.24) is 10.2 Å². The molecule has 6 rings (SSSR count). The molecule has 41 heavy (non-hydrogen) atoms. The number of anilines is 2. The van der Waals surface area contributed by atoms with Crippen LogP contribution >= 0.6 is 0 Å². The molecule has 5 N–H and O–H groups in total. The molecule has 9 nitrogen and oxygen atoms in total. The van der Waals surface area contributed by atoms with Crippen LogP contribution in [0.3, 0.4) is 0 Å². The van der Waals surface area contributed by atoms with Crippen molar-refractivity contribution in [1.29, 1.82) is 0 Å². The minimum absolute atomic E-state index is 0.116. The summed E-state index contributed by atoms with van der Waals surface area (Å²) in [6, 6.07) is 14.0. The quantitative estimate of drug-likeness (QED) is 0.212. The summed E-state index contributed by atoms with van der Waals surface area (Å²) in [5.41, 5.74) is 13.2. The summed E-state index contributed by atoms with van der Waals surface area (Å²) in [7, 11) is 0. The number of piperidine rings is 1. The Morgan fingerprint density at radius 3 is 2.68 bits per heavy atom. The molecular formula is C32H38N6O3. The zero-order valence-electron chi connectivity index (χ0n) is 23.3. The van der Waals surface area contributed by atoms with Gasteiger partial charge < -0.3 is 21.3 Å². The van der Waals surface area contributed by atoms with Crippen LogP contribution in [0, 0.1) is 5.92 Å². The smallest absolute Gasteiger partial charge is 0.255 e. The van der Waals surface area contributed by atoms with Gasteiger partial charge in [0, 0.05) is 42.6 Å². The number of rotatable bonds is 9. The largest absolute Gasteiger partial charge is 0.378 e. The van der Waals surface area contributed by atoms with Gasteiger partial charge in [-0.3, -0.25) is 24.7 Å². The Balaban J connectivity index is 0.929. The summed E-state index contributed by atoms with van der Waals surface area (Å²) in [6.07, 6.45) is 9.37. The van der Waals surface area contributed by atoms with Crippen LogP contribution < -0.4 is 21.7 Å². The van der Waals surface area contributed by atoms with E-state index in [1.807, 2.05) is 30.5 Å². The molecule has 3 heterocycles. The zero-order valence-corrected chi connectivity index (χ0v) is 23.3. The molecule has 0 radical (unpaired) electrons. The molecule has 1 saturated carbocycles. The second kappa shape index (κ2) is 11.9. The van der Waals surface area contributed by atoms with Gasteiger partial charge in [-0.15, -0.1) is 0 Å². The van der Waals surface area contributed by atoms with E-state index in [0.717, 1.165) is 66.4 Å². The van der Waals surface area contributed by atoms with Crippen LogP contribution in [-0.2, 0) is 22.6 Å². The van der Waals surface area contributed by atoms with Crippen LogP contribution in [0.5, 0.6) is 0 Å². The summed E-state index contributed by atoms with van der Waals surface area (Å²) in [5, 5.41) is 9.30. The van der Waals surface area contributed by atoms with Crippen molar-refractivity contribution in [2.24, 2.45) is 16.6 Å². The van der Waals surface area contributed by atoms with Crippen molar-refractivity contribution in [2.75, 3.05) is 23.7 Å². The molecule has 4 aliphatic rings. The number of carbonyl (C=O) groups excluding carboxylic acids is 3. The molecule has 1 aliphatic carbocycles. The molecule has 1 unspecified atom stereocenters. The lowest BCUT2D eigenvalue weighted by atomic mass is 9.77. The fraction of sp³-hybridized carbons (Fsp3) is 0.438. The molecule has 0 spiro atoms. The number of aliphatic imine (C=N–C) groups is 1. The lowest BCUT2D eigenvalue weighted by molar-refractivity contribution is -0.136. The maximum absolute atomic E-state index is 12.9. The highest BCUT2D eigenvalue weighted by Gasteiger charge is 2.39. The van der Waals surface area contributed by atoms with Crippen molar-refractivity contribution in [3.05, 3.63) is 70.4 Å². The van der Waals surface area contributed by atoms with E-state index in [4.69, 9.17) is 10.7 Å². The van der Waals surface area contributed by atoms with Crippen LogP contribution in [0.2, 0.25) is 0 Å². The molecule has 214 valence electrons. The number of hydrogen-bond acceptors (Lipinski definition) is 7. The third-order valence-corrected chi connectivity index (χ3v) is 8.84. The summed E-state index contributed by atoms with van der Waals surface area (Å²) in [4.78, 5) is 43.1. The number of nitrogens with zero attached hydrogens (tertiary/aromatic N) is 2. The molecule has 0 aromatic heterocycles. The molecule has 2 aromatic carbocycles. The van der Waals surface area contributed by atoms with Gasteiger partial charge in [-0.25, -0.2) is 0 Å². The summed E-state index contributed by atoms with van der Waals surface area (Å²) < 4.78 is 0. The first-order valence-electron chi connectivity index (χ1n) is 14.8. The van der Waals surface area contributed by atoms with Gasteiger partial charge in [0.05, 0.1) is 24.0 Å². The van der Waals surface area contributed by atoms with E-state index in [1.54, 1.807) is 4.90 Å². The van der Waals surface area contributed by atoms with Crippen molar-refractivity contribution < 1.29 is 14.4 Å². The van der Waals surface area contributed by atoms with Crippen molar-refractivity contribution in [3.63, 3.8) is 0 Å². The molecule has 2 fully saturated rings. The standard InChI is InChI=1S/C32H38N6O3/c33-16-23(28-18-35-26-7-3-4-8-27(26)36-28)17-34-24-14-21(15-24)6-2-1-5-20-9-10-25-22(13-20)19-38(32(25)41)29-11-12-30(39)37-31(29)40/h3-4,7-10,13,17,21,24,29,35-36H,1-2,5-6,11-12,14-16,18-19,33H2,(H,37,39,40). The third-order valence-electron chi connectivity index (χ3n) is 8.84. The number of hydrogen-bond donors (Lipinski definition) is 4. The van der Waals surface area contributed by atoms with Crippen LogP contribution in [0.15, 0.2) is 58.7 Å². The number of para-hydroxylation sites is 2. The topological polar surface area (TPSA) is 129 Å². The fourth-order valence-corrected chi connectivity index (χ4v) is 6.38. The molecule has 9 heteroatoms. The minimum atomic E-state index is -0.566. The first-order valence-corrected chi connectivity index (χ1v) is 14.8. The van der Waals surface area contributed by atoms with Crippen LogP contribution in [0.4, 0.5) is 11.4 Å². The number of aryl methyl sites for hydroxylation is 1. The summed E-state index contributed by atoms with van der Waals surface area (Å²) in [6.45, 7) is 1.61. The van der Waals surface area contributed by atoms with E-state index >= 15 is 0 Å². The van der Waals surface area contributed by atoms with Gasteiger partial charge in [0.2, 0.25) is 11.8 Å². The Labute approximate surface area is 240 Å². The molecule has 0 bridgehead atoms. The maximum atomic E-state index is 12.9. The van der Waals surface area contributed by atoms with Gasteiger partial charge in [-0.05, 0) is 67.3 Å². The number of benzene rings is 2. The highest BCUT2D eigenvalue weighted by atomic mass is 16.2. The molecule has 3 amide bonds. The van der Waals surface area contributed by atoms with E-state index < -0.39 is 6.04 Å². The van der Waals surface area contributed by atoms with E-state index in [2.05, 4.69) is 34.1 Å². The fourth-order valence-electron chi connectivity index (χ4n) is 6.38. The first-order chi connectivity index (χ1) is 20.0. The summed E-state index contributed by atoms with van der Waals surface area (Å²) >= 11 is 0. The predicted molar refractivity (Wildman–Crippen MR) is 160 cm³/mol. The van der Waals surface area contributed by atoms with Gasteiger partial charge in [0.25, 0.3) is 5.91 Å². The van der Waals surface area contributed by atoms with Gasteiger partial charge in [0.15, 0.2) is 0 Å². The van der Waals surface area contributed by atoms with Crippen LogP contribution in [-0.4, -0.2) is 54.0 Å². The molecular weight excluding hydrogens is 516 g/mol. The van der Waals surface area contributed by atoms with Gasteiger partial charge in [-0.1, -0.05) is 37.1 Å². The molecule has 1 saturated heterocycles. The normalized spacial score (nSPS) is 24.8. The SMILES string of the molecule is NCC(C=NC1CC(CCCCc2ccc3c(c2)CN(C2CCC(=O)NC2=O)C3=O)C1)=C1CNc2ccccc2N1.